The molecule has 1 amide bonds. The van der Waals surface area contributed by atoms with Crippen molar-refractivity contribution in [1.29, 1.82) is 0 Å². The second-order valence-corrected chi connectivity index (χ2v) is 4.79. The molecule has 1 N–H and O–H groups in total. The third-order valence-electron chi connectivity index (χ3n) is 3.23. The molecule has 5 heteroatoms. The summed E-state index contributed by atoms with van der Waals surface area (Å²) in [5, 5.41) is 2.73. The molecule has 2 rings (SSSR count). The summed E-state index contributed by atoms with van der Waals surface area (Å²) < 4.78 is 23.2. The number of rotatable bonds is 6. The Morgan fingerprint density at radius 1 is 1.13 bits per heavy atom. The minimum absolute atomic E-state index is 0.243. The smallest absolute Gasteiger partial charge is 0.244 e. The van der Waals surface area contributed by atoms with Gasteiger partial charge in [-0.1, -0.05) is 12.1 Å². The number of hydrogen-bond donors (Lipinski definition) is 1. The van der Waals surface area contributed by atoms with Gasteiger partial charge in [-0.2, -0.15) is 0 Å². The van der Waals surface area contributed by atoms with E-state index in [2.05, 4.69) is 5.32 Å². The van der Waals surface area contributed by atoms with Crippen LogP contribution < -0.4 is 14.8 Å². The first kappa shape index (κ1) is 16.5. The molecule has 0 fully saturated rings. The lowest BCUT2D eigenvalue weighted by atomic mass is 10.1. The SMILES string of the molecule is COc1ccc(C=CC(=O)NCc2ccc(F)cc2)c(OC)c1. The Bertz CT molecular complexity index is 696. The molecular weight excluding hydrogens is 297 g/mol. The minimum Gasteiger partial charge on any atom is -0.497 e. The molecule has 4 nitrogen and oxygen atoms in total. The highest BCUT2D eigenvalue weighted by Crippen LogP contribution is 2.25. The molecule has 0 aliphatic heterocycles. The van der Waals surface area contributed by atoms with Crippen LogP contribution in [0.4, 0.5) is 4.39 Å². The normalized spacial score (nSPS) is 10.6. The molecule has 0 aliphatic carbocycles. The highest BCUT2D eigenvalue weighted by atomic mass is 19.1. The second kappa shape index (κ2) is 7.98. The van der Waals surface area contributed by atoms with Crippen molar-refractivity contribution in [2.24, 2.45) is 0 Å². The van der Waals surface area contributed by atoms with Crippen LogP contribution in [0.5, 0.6) is 11.5 Å². The fraction of sp³-hybridized carbons (Fsp3) is 0.167. The average Bonchev–Trinajstić information content (AvgIpc) is 2.59. The first-order valence-corrected chi connectivity index (χ1v) is 7.05. The van der Waals surface area contributed by atoms with Crippen LogP contribution in [-0.4, -0.2) is 20.1 Å². The molecule has 2 aromatic rings. The maximum absolute atomic E-state index is 12.8. The summed E-state index contributed by atoms with van der Waals surface area (Å²) in [5.74, 6) is 0.755. The van der Waals surface area contributed by atoms with Crippen LogP contribution in [0.25, 0.3) is 6.08 Å². The van der Waals surface area contributed by atoms with Gasteiger partial charge in [0.05, 0.1) is 14.2 Å². The summed E-state index contributed by atoms with van der Waals surface area (Å²) >= 11 is 0. The molecule has 0 aromatic heterocycles. The summed E-state index contributed by atoms with van der Waals surface area (Å²) in [7, 11) is 3.13. The van der Waals surface area contributed by atoms with E-state index in [-0.39, 0.29) is 11.7 Å². The zero-order valence-electron chi connectivity index (χ0n) is 13.0. The fourth-order valence-corrected chi connectivity index (χ4v) is 1.97. The second-order valence-electron chi connectivity index (χ2n) is 4.79. The molecule has 23 heavy (non-hydrogen) atoms. The molecule has 0 heterocycles. The van der Waals surface area contributed by atoms with Crippen molar-refractivity contribution in [2.75, 3.05) is 14.2 Å². The Hall–Kier alpha value is -2.82. The summed E-state index contributed by atoms with van der Waals surface area (Å²) in [6.07, 6.45) is 3.09. The third kappa shape index (κ3) is 4.85. The molecule has 2 aromatic carbocycles. The van der Waals surface area contributed by atoms with Gasteiger partial charge in [-0.25, -0.2) is 4.39 Å². The van der Waals surface area contributed by atoms with E-state index in [1.165, 1.54) is 18.2 Å². The summed E-state index contributed by atoms with van der Waals surface area (Å²) in [6.45, 7) is 0.337. The van der Waals surface area contributed by atoms with Gasteiger partial charge in [-0.05, 0) is 35.9 Å². The molecule has 0 spiro atoms. The van der Waals surface area contributed by atoms with Crippen molar-refractivity contribution < 1.29 is 18.7 Å². The molecule has 0 bridgehead atoms. The standard InChI is InChI=1S/C18H18FNO3/c1-22-16-9-5-14(17(11-16)23-2)6-10-18(21)20-12-13-3-7-15(19)8-4-13/h3-11H,12H2,1-2H3,(H,20,21). The van der Waals surface area contributed by atoms with E-state index >= 15 is 0 Å². The van der Waals surface area contributed by atoms with E-state index in [0.29, 0.717) is 18.0 Å². The first-order valence-electron chi connectivity index (χ1n) is 7.05. The number of methoxy groups -OCH3 is 2. The Labute approximate surface area is 134 Å². The summed E-state index contributed by atoms with van der Waals surface area (Å²) in [4.78, 5) is 11.8. The quantitative estimate of drug-likeness (QED) is 0.833. The third-order valence-corrected chi connectivity index (χ3v) is 3.23. The number of halogens is 1. The number of ether oxygens (including phenoxy) is 2. The van der Waals surface area contributed by atoms with Gasteiger partial charge in [-0.3, -0.25) is 4.79 Å². The van der Waals surface area contributed by atoms with Gasteiger partial charge < -0.3 is 14.8 Å². The zero-order chi connectivity index (χ0) is 16.7. The van der Waals surface area contributed by atoms with Gasteiger partial charge >= 0.3 is 0 Å². The highest BCUT2D eigenvalue weighted by Gasteiger charge is 2.03. The topological polar surface area (TPSA) is 47.6 Å². The average molecular weight is 315 g/mol. The predicted octanol–water partition coefficient (Wildman–Crippen LogP) is 3.17. The van der Waals surface area contributed by atoms with E-state index in [4.69, 9.17) is 9.47 Å². The largest absolute Gasteiger partial charge is 0.497 e. The van der Waals surface area contributed by atoms with Gasteiger partial charge in [0, 0.05) is 24.3 Å². The molecule has 120 valence electrons. The first-order chi connectivity index (χ1) is 11.1. The Morgan fingerprint density at radius 2 is 1.87 bits per heavy atom. The van der Waals surface area contributed by atoms with E-state index in [9.17, 15) is 9.18 Å². The van der Waals surface area contributed by atoms with Gasteiger partial charge in [0.1, 0.15) is 17.3 Å². The summed E-state index contributed by atoms with van der Waals surface area (Å²) in [5.41, 5.74) is 1.60. The molecule has 0 saturated carbocycles. The van der Waals surface area contributed by atoms with Gasteiger partial charge in [-0.15, -0.1) is 0 Å². The van der Waals surface area contributed by atoms with Crippen molar-refractivity contribution in [2.45, 2.75) is 6.54 Å². The van der Waals surface area contributed by atoms with Gasteiger partial charge in [0.15, 0.2) is 0 Å². The van der Waals surface area contributed by atoms with Crippen LogP contribution in [0.2, 0.25) is 0 Å². The molecule has 0 unspecified atom stereocenters. The van der Waals surface area contributed by atoms with Crippen molar-refractivity contribution >= 4 is 12.0 Å². The van der Waals surface area contributed by atoms with Crippen LogP contribution in [0.15, 0.2) is 48.5 Å². The Kier molecular flexibility index (Phi) is 5.74. The minimum atomic E-state index is -0.299. The summed E-state index contributed by atoms with van der Waals surface area (Å²) in [6, 6.07) is 11.3. The number of carbonyl (C=O) groups is 1. The monoisotopic (exact) mass is 315 g/mol. The number of carbonyl (C=O) groups excluding carboxylic acids is 1. The van der Waals surface area contributed by atoms with Crippen LogP contribution in [0, 0.1) is 5.82 Å². The van der Waals surface area contributed by atoms with E-state index in [1.54, 1.807) is 50.6 Å². The van der Waals surface area contributed by atoms with E-state index in [0.717, 1.165) is 11.1 Å². The molecule has 0 aliphatic rings. The zero-order valence-corrected chi connectivity index (χ0v) is 13.0. The van der Waals surface area contributed by atoms with Crippen molar-refractivity contribution in [3.63, 3.8) is 0 Å². The number of amides is 1. The van der Waals surface area contributed by atoms with E-state index in [1.807, 2.05) is 0 Å². The molecular formula is C18H18FNO3. The molecule has 0 saturated heterocycles. The van der Waals surface area contributed by atoms with Crippen LogP contribution in [0.3, 0.4) is 0 Å². The maximum Gasteiger partial charge on any atom is 0.244 e. The lowest BCUT2D eigenvalue weighted by Crippen LogP contribution is -2.20. The number of benzene rings is 2. The van der Waals surface area contributed by atoms with Crippen molar-refractivity contribution in [3.8, 4) is 11.5 Å². The lowest BCUT2D eigenvalue weighted by Gasteiger charge is -2.07. The van der Waals surface area contributed by atoms with Crippen LogP contribution in [-0.2, 0) is 11.3 Å². The van der Waals surface area contributed by atoms with Crippen molar-refractivity contribution in [3.05, 3.63) is 65.5 Å². The molecule has 0 radical (unpaired) electrons. The number of hydrogen-bond acceptors (Lipinski definition) is 3. The predicted molar refractivity (Wildman–Crippen MR) is 86.8 cm³/mol. The molecule has 0 atom stereocenters. The van der Waals surface area contributed by atoms with Gasteiger partial charge in [0.25, 0.3) is 0 Å². The van der Waals surface area contributed by atoms with Crippen LogP contribution in [0.1, 0.15) is 11.1 Å². The Balaban J connectivity index is 1.96. The van der Waals surface area contributed by atoms with E-state index < -0.39 is 0 Å². The Morgan fingerprint density at radius 3 is 2.52 bits per heavy atom. The number of nitrogens with one attached hydrogen (secondary N) is 1. The fourth-order valence-electron chi connectivity index (χ4n) is 1.97. The highest BCUT2D eigenvalue weighted by molar-refractivity contribution is 5.92. The van der Waals surface area contributed by atoms with Gasteiger partial charge in [0.2, 0.25) is 5.91 Å². The van der Waals surface area contributed by atoms with Crippen LogP contribution >= 0.6 is 0 Å². The lowest BCUT2D eigenvalue weighted by molar-refractivity contribution is -0.116. The van der Waals surface area contributed by atoms with Crippen molar-refractivity contribution in [1.82, 2.24) is 5.32 Å². The maximum atomic E-state index is 12.8.